The van der Waals surface area contributed by atoms with Crippen molar-refractivity contribution in [3.63, 3.8) is 0 Å². The Labute approximate surface area is 204 Å². The number of hydrogen-bond donors (Lipinski definition) is 1. The van der Waals surface area contributed by atoms with Crippen LogP contribution in [0.1, 0.15) is 26.3 Å². The van der Waals surface area contributed by atoms with Crippen molar-refractivity contribution in [2.75, 3.05) is 41.0 Å². The summed E-state index contributed by atoms with van der Waals surface area (Å²) in [6.45, 7) is 12.3. The first-order valence-electron chi connectivity index (χ1n) is 11.3. The van der Waals surface area contributed by atoms with Gasteiger partial charge in [0.2, 0.25) is 11.7 Å². The van der Waals surface area contributed by atoms with Gasteiger partial charge in [-0.2, -0.15) is 0 Å². The summed E-state index contributed by atoms with van der Waals surface area (Å²) >= 11 is 0. The van der Waals surface area contributed by atoms with Crippen LogP contribution in [0.2, 0.25) is 18.1 Å². The van der Waals surface area contributed by atoms with Gasteiger partial charge in [0.15, 0.2) is 19.8 Å². The molecule has 0 unspecified atom stereocenters. The summed E-state index contributed by atoms with van der Waals surface area (Å²) in [4.78, 5) is 18.8. The van der Waals surface area contributed by atoms with Crippen molar-refractivity contribution >= 4 is 14.2 Å². The number of ether oxygens (including phenoxy) is 3. The number of carbonyl (C=O) groups excluding carboxylic acids is 1. The monoisotopic (exact) mass is 489 g/mol. The van der Waals surface area contributed by atoms with Gasteiger partial charge in [0.1, 0.15) is 0 Å². The van der Waals surface area contributed by atoms with E-state index in [2.05, 4.69) is 38.8 Å². The first-order chi connectivity index (χ1) is 16.0. The topological polar surface area (TPSA) is 96.1 Å². The molecule has 1 aromatic heterocycles. The van der Waals surface area contributed by atoms with Gasteiger partial charge in [-0.15, -0.1) is 0 Å². The molecule has 0 bridgehead atoms. The maximum Gasteiger partial charge on any atom is 0.236 e. The Bertz CT molecular complexity index is 950. The smallest absolute Gasteiger partial charge is 0.236 e. The van der Waals surface area contributed by atoms with Crippen LogP contribution >= 0.6 is 0 Å². The Morgan fingerprint density at radius 1 is 1.06 bits per heavy atom. The highest BCUT2D eigenvalue weighted by atomic mass is 28.4. The van der Waals surface area contributed by atoms with E-state index in [1.54, 1.807) is 32.4 Å². The third-order valence-electron chi connectivity index (χ3n) is 6.32. The summed E-state index contributed by atoms with van der Waals surface area (Å²) in [5.74, 6) is 1.50. The normalized spacial score (nSPS) is 11.8. The van der Waals surface area contributed by atoms with Crippen LogP contribution < -0.4 is 19.9 Å². The molecule has 1 heterocycles. The van der Waals surface area contributed by atoms with Crippen molar-refractivity contribution in [3.05, 3.63) is 36.0 Å². The standard InChI is InChI=1S/C25H39N3O5Si/c1-25(2,3)34(7,8)33-12-11-28(23(29)16-26)17-18-9-10-27-20(13-18)19-14-21(30-4)24(32-6)22(15-19)31-5/h9-10,13-15H,11-12,16-17,26H2,1-8H3. The maximum absolute atomic E-state index is 12.6. The molecule has 8 nitrogen and oxygen atoms in total. The number of nitrogens with two attached hydrogens (primary N) is 1. The fraction of sp³-hybridized carbons (Fsp3) is 0.520. The highest BCUT2D eigenvalue weighted by molar-refractivity contribution is 6.74. The molecule has 2 aromatic rings. The average molecular weight is 490 g/mol. The lowest BCUT2D eigenvalue weighted by Crippen LogP contribution is -2.44. The third-order valence-corrected chi connectivity index (χ3v) is 10.9. The second kappa shape index (κ2) is 11.7. The Morgan fingerprint density at radius 2 is 1.68 bits per heavy atom. The van der Waals surface area contributed by atoms with Crippen LogP contribution in [0.25, 0.3) is 11.3 Å². The van der Waals surface area contributed by atoms with E-state index in [1.807, 2.05) is 24.3 Å². The number of aromatic nitrogens is 1. The molecule has 0 aliphatic rings. The largest absolute Gasteiger partial charge is 0.493 e. The van der Waals surface area contributed by atoms with Gasteiger partial charge in [0, 0.05) is 24.8 Å². The molecule has 9 heteroatoms. The lowest BCUT2D eigenvalue weighted by atomic mass is 10.1. The quantitative estimate of drug-likeness (QED) is 0.475. The molecular formula is C25H39N3O5Si. The van der Waals surface area contributed by atoms with E-state index in [0.29, 0.717) is 36.9 Å². The Balaban J connectivity index is 2.25. The summed E-state index contributed by atoms with van der Waals surface area (Å²) in [5, 5.41) is 0.107. The number of benzene rings is 1. The molecule has 188 valence electrons. The predicted molar refractivity (Wildman–Crippen MR) is 137 cm³/mol. The van der Waals surface area contributed by atoms with Gasteiger partial charge in [0.25, 0.3) is 0 Å². The van der Waals surface area contributed by atoms with Gasteiger partial charge in [-0.1, -0.05) is 20.8 Å². The SMILES string of the molecule is COc1cc(-c2cc(CN(CCO[Si](C)(C)C(C)(C)C)C(=O)CN)ccn2)cc(OC)c1OC. The summed E-state index contributed by atoms with van der Waals surface area (Å²) in [5.41, 5.74) is 8.17. The summed E-state index contributed by atoms with van der Waals surface area (Å²) in [7, 11) is 2.82. The van der Waals surface area contributed by atoms with Crippen LogP contribution in [0, 0.1) is 0 Å². The number of pyridine rings is 1. The van der Waals surface area contributed by atoms with Crippen molar-refractivity contribution in [1.82, 2.24) is 9.88 Å². The van der Waals surface area contributed by atoms with Crippen molar-refractivity contribution in [2.45, 2.75) is 45.4 Å². The highest BCUT2D eigenvalue weighted by Gasteiger charge is 2.37. The third kappa shape index (κ3) is 6.71. The van der Waals surface area contributed by atoms with Gasteiger partial charge in [-0.3, -0.25) is 9.78 Å². The van der Waals surface area contributed by atoms with Gasteiger partial charge >= 0.3 is 0 Å². The summed E-state index contributed by atoms with van der Waals surface area (Å²) in [6.07, 6.45) is 1.73. The van der Waals surface area contributed by atoms with Crippen LogP contribution in [0.3, 0.4) is 0 Å². The molecule has 1 amide bonds. The number of carbonyl (C=O) groups is 1. The molecule has 0 saturated carbocycles. The molecule has 2 rings (SSSR count). The zero-order chi connectivity index (χ0) is 25.5. The Kier molecular flexibility index (Phi) is 9.49. The molecule has 0 atom stereocenters. The lowest BCUT2D eigenvalue weighted by Gasteiger charge is -2.36. The minimum absolute atomic E-state index is 0.0507. The van der Waals surface area contributed by atoms with Crippen LogP contribution in [0.15, 0.2) is 30.5 Å². The number of amides is 1. The summed E-state index contributed by atoms with van der Waals surface area (Å²) in [6, 6.07) is 7.55. The maximum atomic E-state index is 12.6. The van der Waals surface area contributed by atoms with E-state index < -0.39 is 8.32 Å². The number of methoxy groups -OCH3 is 3. The molecule has 0 aliphatic heterocycles. The highest BCUT2D eigenvalue weighted by Crippen LogP contribution is 2.41. The van der Waals surface area contributed by atoms with E-state index in [-0.39, 0.29) is 17.5 Å². The fourth-order valence-corrected chi connectivity index (χ4v) is 4.26. The van der Waals surface area contributed by atoms with Crippen LogP contribution in [0.4, 0.5) is 0 Å². The predicted octanol–water partition coefficient (Wildman–Crippen LogP) is 4.08. The molecule has 0 fully saturated rings. The van der Waals surface area contributed by atoms with E-state index in [4.69, 9.17) is 24.4 Å². The van der Waals surface area contributed by atoms with E-state index in [0.717, 1.165) is 16.8 Å². The van der Waals surface area contributed by atoms with E-state index in [9.17, 15) is 4.79 Å². The zero-order valence-electron chi connectivity index (χ0n) is 21.7. The summed E-state index contributed by atoms with van der Waals surface area (Å²) < 4.78 is 22.6. The average Bonchev–Trinajstić information content (AvgIpc) is 2.81. The molecule has 1 aromatic carbocycles. The van der Waals surface area contributed by atoms with Crippen LogP contribution in [-0.4, -0.2) is 65.1 Å². The molecule has 0 radical (unpaired) electrons. The van der Waals surface area contributed by atoms with Crippen molar-refractivity contribution < 1.29 is 23.4 Å². The number of rotatable bonds is 11. The number of nitrogens with zero attached hydrogens (tertiary/aromatic N) is 2. The molecule has 0 saturated heterocycles. The molecular weight excluding hydrogens is 450 g/mol. The van der Waals surface area contributed by atoms with E-state index >= 15 is 0 Å². The minimum atomic E-state index is -1.90. The second-order valence-corrected chi connectivity index (χ2v) is 14.4. The second-order valence-electron chi connectivity index (χ2n) is 9.59. The van der Waals surface area contributed by atoms with Crippen LogP contribution in [0.5, 0.6) is 17.2 Å². The van der Waals surface area contributed by atoms with Crippen molar-refractivity contribution in [2.24, 2.45) is 5.73 Å². The van der Waals surface area contributed by atoms with Gasteiger partial charge in [-0.25, -0.2) is 0 Å². The number of hydrogen-bond acceptors (Lipinski definition) is 7. The Hall–Kier alpha value is -2.62. The van der Waals surface area contributed by atoms with Crippen LogP contribution in [-0.2, 0) is 15.8 Å². The molecule has 0 aliphatic carbocycles. The molecule has 2 N–H and O–H groups in total. The first-order valence-corrected chi connectivity index (χ1v) is 14.2. The van der Waals surface area contributed by atoms with Crippen molar-refractivity contribution in [1.29, 1.82) is 0 Å². The lowest BCUT2D eigenvalue weighted by molar-refractivity contribution is -0.130. The van der Waals surface area contributed by atoms with Gasteiger partial charge in [0.05, 0.1) is 40.2 Å². The molecule has 34 heavy (non-hydrogen) atoms. The van der Waals surface area contributed by atoms with Gasteiger partial charge < -0.3 is 29.3 Å². The minimum Gasteiger partial charge on any atom is -0.493 e. The van der Waals surface area contributed by atoms with E-state index in [1.165, 1.54) is 0 Å². The fourth-order valence-electron chi connectivity index (χ4n) is 3.23. The Morgan fingerprint density at radius 3 is 2.18 bits per heavy atom. The van der Waals surface area contributed by atoms with Gasteiger partial charge in [-0.05, 0) is 48.0 Å². The molecule has 0 spiro atoms. The first kappa shape index (κ1) is 27.6. The van der Waals surface area contributed by atoms with Crippen molar-refractivity contribution in [3.8, 4) is 28.5 Å². The zero-order valence-corrected chi connectivity index (χ0v) is 22.7.